The van der Waals surface area contributed by atoms with Crippen LogP contribution < -0.4 is 11.1 Å². The van der Waals surface area contributed by atoms with E-state index >= 15 is 0 Å². The molecule has 1 atom stereocenters. The number of hydrogen-bond acceptors (Lipinski definition) is 4. The standard InChI is InChI=1S/C14H19N5O/c15-12(14(20)19-5-3-16-4-6-19)8-10-1-2-13-11(7-10)9-17-18-13/h1-2,7,9,12,16H,3-6,8,15H2,(H,17,18). The van der Waals surface area contributed by atoms with Gasteiger partial charge in [0, 0.05) is 31.6 Å². The Morgan fingerprint density at radius 2 is 2.20 bits per heavy atom. The van der Waals surface area contributed by atoms with Gasteiger partial charge in [-0.1, -0.05) is 6.07 Å². The van der Waals surface area contributed by atoms with Gasteiger partial charge in [-0.3, -0.25) is 9.89 Å². The number of nitrogens with two attached hydrogens (primary N) is 1. The van der Waals surface area contributed by atoms with Gasteiger partial charge in [0.05, 0.1) is 17.8 Å². The Bertz CT molecular complexity index is 602. The van der Waals surface area contributed by atoms with Crippen molar-refractivity contribution in [2.75, 3.05) is 26.2 Å². The number of aromatic amines is 1. The van der Waals surface area contributed by atoms with Crippen LogP contribution in [0.1, 0.15) is 5.56 Å². The predicted molar refractivity (Wildman–Crippen MR) is 77.2 cm³/mol. The molecule has 0 radical (unpaired) electrons. The summed E-state index contributed by atoms with van der Waals surface area (Å²) in [4.78, 5) is 14.1. The molecule has 1 saturated heterocycles. The summed E-state index contributed by atoms with van der Waals surface area (Å²) in [5, 5.41) is 11.2. The normalized spacial score (nSPS) is 17.4. The van der Waals surface area contributed by atoms with Crippen LogP contribution in [0.3, 0.4) is 0 Å². The molecule has 6 nitrogen and oxygen atoms in total. The van der Waals surface area contributed by atoms with Crippen LogP contribution in [0.2, 0.25) is 0 Å². The first-order chi connectivity index (χ1) is 9.74. The molecule has 1 aliphatic rings. The molecule has 4 N–H and O–H groups in total. The van der Waals surface area contributed by atoms with Crippen LogP contribution in [0.15, 0.2) is 24.4 Å². The molecular formula is C14H19N5O. The van der Waals surface area contributed by atoms with E-state index in [0.717, 1.165) is 42.6 Å². The van der Waals surface area contributed by atoms with Gasteiger partial charge in [-0.15, -0.1) is 0 Å². The van der Waals surface area contributed by atoms with Crippen molar-refractivity contribution in [1.82, 2.24) is 20.4 Å². The lowest BCUT2D eigenvalue weighted by Crippen LogP contribution is -2.52. The zero-order valence-electron chi connectivity index (χ0n) is 11.3. The quantitative estimate of drug-likeness (QED) is 0.726. The monoisotopic (exact) mass is 273 g/mol. The summed E-state index contributed by atoms with van der Waals surface area (Å²) < 4.78 is 0. The minimum atomic E-state index is -0.475. The second-order valence-corrected chi connectivity index (χ2v) is 5.18. The van der Waals surface area contributed by atoms with Crippen LogP contribution in [0.25, 0.3) is 10.9 Å². The van der Waals surface area contributed by atoms with Crippen LogP contribution in [0, 0.1) is 0 Å². The smallest absolute Gasteiger partial charge is 0.239 e. The average Bonchev–Trinajstić information content (AvgIpc) is 2.95. The van der Waals surface area contributed by atoms with E-state index in [1.807, 2.05) is 23.1 Å². The number of hydrogen-bond donors (Lipinski definition) is 3. The fraction of sp³-hybridized carbons (Fsp3) is 0.429. The van der Waals surface area contributed by atoms with Gasteiger partial charge in [-0.25, -0.2) is 0 Å². The van der Waals surface area contributed by atoms with Crippen molar-refractivity contribution in [2.45, 2.75) is 12.5 Å². The van der Waals surface area contributed by atoms with Crippen molar-refractivity contribution < 1.29 is 4.79 Å². The molecule has 1 aromatic carbocycles. The molecule has 2 aromatic rings. The number of aromatic nitrogens is 2. The Hall–Kier alpha value is -1.92. The maximum absolute atomic E-state index is 12.3. The Labute approximate surface area is 117 Å². The number of benzene rings is 1. The van der Waals surface area contributed by atoms with Crippen LogP contribution in [0.4, 0.5) is 0 Å². The summed E-state index contributed by atoms with van der Waals surface area (Å²) in [7, 11) is 0. The number of rotatable bonds is 3. The number of carbonyl (C=O) groups is 1. The van der Waals surface area contributed by atoms with E-state index in [0.29, 0.717) is 6.42 Å². The summed E-state index contributed by atoms with van der Waals surface area (Å²) in [5.41, 5.74) is 8.13. The minimum absolute atomic E-state index is 0.0405. The maximum Gasteiger partial charge on any atom is 0.239 e. The molecule has 0 spiro atoms. The van der Waals surface area contributed by atoms with E-state index in [-0.39, 0.29) is 5.91 Å². The Morgan fingerprint density at radius 1 is 1.40 bits per heavy atom. The molecule has 1 aliphatic heterocycles. The first-order valence-corrected chi connectivity index (χ1v) is 6.91. The topological polar surface area (TPSA) is 87.0 Å². The van der Waals surface area contributed by atoms with Gasteiger partial charge in [0.1, 0.15) is 0 Å². The lowest BCUT2D eigenvalue weighted by molar-refractivity contribution is -0.133. The van der Waals surface area contributed by atoms with E-state index < -0.39 is 6.04 Å². The molecular weight excluding hydrogens is 254 g/mol. The average molecular weight is 273 g/mol. The molecule has 0 bridgehead atoms. The van der Waals surface area contributed by atoms with Crippen LogP contribution in [0.5, 0.6) is 0 Å². The van der Waals surface area contributed by atoms with Gasteiger partial charge < -0.3 is 16.0 Å². The zero-order valence-corrected chi connectivity index (χ0v) is 11.3. The Kier molecular flexibility index (Phi) is 3.66. The van der Waals surface area contributed by atoms with Gasteiger partial charge in [-0.2, -0.15) is 5.10 Å². The van der Waals surface area contributed by atoms with E-state index in [9.17, 15) is 4.79 Å². The highest BCUT2D eigenvalue weighted by atomic mass is 16.2. The number of piperazine rings is 1. The number of nitrogens with one attached hydrogen (secondary N) is 2. The third kappa shape index (κ3) is 2.66. The van der Waals surface area contributed by atoms with Crippen molar-refractivity contribution in [3.63, 3.8) is 0 Å². The van der Waals surface area contributed by atoms with E-state index in [1.165, 1.54) is 0 Å². The fourth-order valence-corrected chi connectivity index (χ4v) is 2.58. The molecule has 1 unspecified atom stereocenters. The predicted octanol–water partition coefficient (Wildman–Crippen LogP) is -0.135. The number of carbonyl (C=O) groups excluding carboxylic acids is 1. The summed E-state index contributed by atoms with van der Waals surface area (Å²) in [6, 6.07) is 5.52. The Morgan fingerprint density at radius 3 is 3.00 bits per heavy atom. The van der Waals surface area contributed by atoms with Crippen LogP contribution in [-0.2, 0) is 11.2 Å². The number of nitrogens with zero attached hydrogens (tertiary/aromatic N) is 2. The molecule has 6 heteroatoms. The summed E-state index contributed by atoms with van der Waals surface area (Å²) >= 11 is 0. The molecule has 1 fully saturated rings. The first-order valence-electron chi connectivity index (χ1n) is 6.91. The van der Waals surface area contributed by atoms with E-state index in [2.05, 4.69) is 15.5 Å². The molecule has 3 rings (SSSR count). The summed E-state index contributed by atoms with van der Waals surface area (Å²) in [6.07, 6.45) is 2.34. The molecule has 1 amide bonds. The lowest BCUT2D eigenvalue weighted by Gasteiger charge is -2.29. The van der Waals surface area contributed by atoms with E-state index in [1.54, 1.807) is 6.20 Å². The van der Waals surface area contributed by atoms with Crippen molar-refractivity contribution in [1.29, 1.82) is 0 Å². The van der Waals surface area contributed by atoms with E-state index in [4.69, 9.17) is 5.73 Å². The lowest BCUT2D eigenvalue weighted by atomic mass is 10.0. The highest BCUT2D eigenvalue weighted by Crippen LogP contribution is 2.14. The van der Waals surface area contributed by atoms with Crippen LogP contribution >= 0.6 is 0 Å². The van der Waals surface area contributed by atoms with Gasteiger partial charge in [0.2, 0.25) is 5.91 Å². The maximum atomic E-state index is 12.3. The SMILES string of the molecule is NC(Cc1ccc2[nH]ncc2c1)C(=O)N1CCNCC1. The number of H-pyrrole nitrogens is 1. The second kappa shape index (κ2) is 5.60. The van der Waals surface area contributed by atoms with Crippen molar-refractivity contribution in [3.8, 4) is 0 Å². The second-order valence-electron chi connectivity index (χ2n) is 5.18. The summed E-state index contributed by atoms with van der Waals surface area (Å²) in [5.74, 6) is 0.0405. The minimum Gasteiger partial charge on any atom is -0.339 e. The van der Waals surface area contributed by atoms with Crippen molar-refractivity contribution >= 4 is 16.8 Å². The van der Waals surface area contributed by atoms with Crippen molar-refractivity contribution in [2.24, 2.45) is 5.73 Å². The van der Waals surface area contributed by atoms with Crippen LogP contribution in [-0.4, -0.2) is 53.2 Å². The zero-order chi connectivity index (χ0) is 13.9. The molecule has 0 saturated carbocycles. The van der Waals surface area contributed by atoms with Gasteiger partial charge in [-0.05, 0) is 24.1 Å². The van der Waals surface area contributed by atoms with Gasteiger partial charge >= 0.3 is 0 Å². The third-order valence-electron chi connectivity index (χ3n) is 3.71. The number of fused-ring (bicyclic) bond motifs is 1. The third-order valence-corrected chi connectivity index (χ3v) is 3.71. The van der Waals surface area contributed by atoms with Crippen molar-refractivity contribution in [3.05, 3.63) is 30.0 Å². The Balaban J connectivity index is 1.67. The summed E-state index contributed by atoms with van der Waals surface area (Å²) in [6.45, 7) is 3.18. The highest BCUT2D eigenvalue weighted by molar-refractivity contribution is 5.83. The van der Waals surface area contributed by atoms with Gasteiger partial charge in [0.25, 0.3) is 0 Å². The molecule has 2 heterocycles. The fourth-order valence-electron chi connectivity index (χ4n) is 2.58. The van der Waals surface area contributed by atoms with Gasteiger partial charge in [0.15, 0.2) is 0 Å². The molecule has 0 aliphatic carbocycles. The first kappa shape index (κ1) is 13.1. The largest absolute Gasteiger partial charge is 0.339 e. The molecule has 106 valence electrons. The number of amides is 1. The molecule has 20 heavy (non-hydrogen) atoms. The molecule has 1 aromatic heterocycles. The highest BCUT2D eigenvalue weighted by Gasteiger charge is 2.22.